The van der Waals surface area contributed by atoms with Crippen LogP contribution in [-0.4, -0.2) is 11.3 Å². The van der Waals surface area contributed by atoms with E-state index in [1.807, 2.05) is 0 Å². The molecule has 1 rings (SSSR count). The van der Waals surface area contributed by atoms with Gasteiger partial charge in [0.25, 0.3) is 6.29 Å². The number of nitrogen functional groups attached to an aromatic ring is 1. The lowest BCUT2D eigenvalue weighted by molar-refractivity contribution is 0.562. The third-order valence-electron chi connectivity index (χ3n) is 0.609. The van der Waals surface area contributed by atoms with E-state index < -0.39 is 0 Å². The van der Waals surface area contributed by atoms with Crippen LogP contribution in [0.1, 0.15) is 5.01 Å². The Balaban J connectivity index is 3.00. The van der Waals surface area contributed by atoms with Gasteiger partial charge in [-0.25, -0.2) is 4.98 Å². The minimum absolute atomic E-state index is 0.308. The maximum Gasteiger partial charge on any atom is 0.264 e. The molecule has 2 N–H and O–H groups in total. The molecular formula is C4H3N2OS. The Bertz CT molecular complexity index is 196. The fourth-order valence-corrected chi connectivity index (χ4v) is 0.824. The molecular weight excluding hydrogens is 124 g/mol. The highest BCUT2D eigenvalue weighted by molar-refractivity contribution is 7.11. The molecule has 0 aliphatic carbocycles. The second kappa shape index (κ2) is 1.92. The number of hydrogen-bond donors (Lipinski definition) is 1. The SMILES string of the molecule is Nc1csc([C]=O)n1. The number of nitrogens with two attached hydrogens (primary N) is 1. The van der Waals surface area contributed by atoms with Crippen molar-refractivity contribution in [3.8, 4) is 0 Å². The van der Waals surface area contributed by atoms with Gasteiger partial charge in [-0.1, -0.05) is 0 Å². The standard InChI is InChI=1S/C4H3N2OS/c5-3-2-8-4(1-7)6-3/h2H,5H2. The monoisotopic (exact) mass is 127 g/mol. The van der Waals surface area contributed by atoms with Crippen LogP contribution < -0.4 is 5.73 Å². The van der Waals surface area contributed by atoms with Gasteiger partial charge in [-0.2, -0.15) is 0 Å². The molecule has 0 aromatic carbocycles. The first-order valence-corrected chi connectivity index (χ1v) is 2.80. The second-order valence-electron chi connectivity index (χ2n) is 1.18. The minimum Gasteiger partial charge on any atom is -0.383 e. The molecule has 0 aliphatic heterocycles. The zero-order valence-electron chi connectivity index (χ0n) is 3.92. The fraction of sp³-hybridized carbons (Fsp3) is 0. The zero-order valence-corrected chi connectivity index (χ0v) is 4.73. The molecule has 0 bridgehead atoms. The quantitative estimate of drug-likeness (QED) is 0.585. The van der Waals surface area contributed by atoms with E-state index in [-0.39, 0.29) is 0 Å². The summed E-state index contributed by atoms with van der Waals surface area (Å²) in [4.78, 5) is 13.4. The van der Waals surface area contributed by atoms with Crippen molar-refractivity contribution in [3.63, 3.8) is 0 Å². The van der Waals surface area contributed by atoms with Gasteiger partial charge in [0.05, 0.1) is 0 Å². The number of carbonyl (C=O) groups excluding carboxylic acids is 1. The molecule has 0 spiro atoms. The summed E-state index contributed by atoms with van der Waals surface area (Å²) in [6.07, 6.45) is 1.63. The lowest BCUT2D eigenvalue weighted by atomic mass is 10.8. The lowest BCUT2D eigenvalue weighted by Gasteiger charge is -1.71. The molecule has 1 heterocycles. The molecule has 4 heteroatoms. The first-order valence-electron chi connectivity index (χ1n) is 1.92. The van der Waals surface area contributed by atoms with Crippen LogP contribution >= 0.6 is 11.3 Å². The molecule has 0 saturated heterocycles. The Morgan fingerprint density at radius 2 is 2.62 bits per heavy atom. The fourth-order valence-electron chi connectivity index (χ4n) is 0.333. The molecule has 0 fully saturated rings. The van der Waals surface area contributed by atoms with Crippen molar-refractivity contribution in [2.45, 2.75) is 0 Å². The van der Waals surface area contributed by atoms with Crippen LogP contribution in [0.15, 0.2) is 5.38 Å². The smallest absolute Gasteiger partial charge is 0.264 e. The van der Waals surface area contributed by atoms with E-state index in [1.54, 1.807) is 11.7 Å². The molecule has 1 radical (unpaired) electrons. The molecule has 1 aromatic heterocycles. The summed E-state index contributed by atoms with van der Waals surface area (Å²) in [5, 5.41) is 1.91. The summed E-state index contributed by atoms with van der Waals surface area (Å²) in [5.74, 6) is 0.383. The van der Waals surface area contributed by atoms with Gasteiger partial charge in [0.1, 0.15) is 5.82 Å². The predicted octanol–water partition coefficient (Wildman–Crippen LogP) is 0.183. The average Bonchev–Trinajstić information content (AvgIpc) is 2.14. The molecule has 0 aliphatic rings. The van der Waals surface area contributed by atoms with Gasteiger partial charge in [-0.3, -0.25) is 4.79 Å². The largest absolute Gasteiger partial charge is 0.383 e. The zero-order chi connectivity index (χ0) is 5.98. The molecule has 1 aromatic rings. The van der Waals surface area contributed by atoms with Crippen molar-refractivity contribution in [1.82, 2.24) is 4.98 Å². The Hall–Kier alpha value is -0.900. The van der Waals surface area contributed by atoms with E-state index in [0.29, 0.717) is 10.8 Å². The Morgan fingerprint density at radius 1 is 1.88 bits per heavy atom. The van der Waals surface area contributed by atoms with Gasteiger partial charge in [0, 0.05) is 5.38 Å². The maximum atomic E-state index is 9.79. The highest BCUT2D eigenvalue weighted by Gasteiger charge is 1.94. The highest BCUT2D eigenvalue weighted by Crippen LogP contribution is 2.06. The molecule has 0 unspecified atom stereocenters. The molecule has 41 valence electrons. The molecule has 8 heavy (non-hydrogen) atoms. The average molecular weight is 127 g/mol. The predicted molar refractivity (Wildman–Crippen MR) is 31.3 cm³/mol. The van der Waals surface area contributed by atoms with Crippen molar-refractivity contribution in [2.75, 3.05) is 5.73 Å². The van der Waals surface area contributed by atoms with Crippen LogP contribution in [0.3, 0.4) is 0 Å². The summed E-state index contributed by atoms with van der Waals surface area (Å²) in [5.41, 5.74) is 5.17. The molecule has 0 amide bonds. The molecule has 0 saturated carbocycles. The number of anilines is 1. The third kappa shape index (κ3) is 0.840. The minimum atomic E-state index is 0.308. The number of thiazole rings is 1. The molecule has 0 atom stereocenters. The van der Waals surface area contributed by atoms with Crippen molar-refractivity contribution in [2.24, 2.45) is 0 Å². The van der Waals surface area contributed by atoms with Gasteiger partial charge in [-0.05, 0) is 0 Å². The Morgan fingerprint density at radius 3 is 2.88 bits per heavy atom. The third-order valence-corrected chi connectivity index (χ3v) is 1.37. The lowest BCUT2D eigenvalue weighted by Crippen LogP contribution is -1.83. The maximum absolute atomic E-state index is 9.79. The number of rotatable bonds is 1. The summed E-state index contributed by atoms with van der Waals surface area (Å²) in [7, 11) is 0. The van der Waals surface area contributed by atoms with Crippen LogP contribution in [-0.2, 0) is 4.79 Å². The summed E-state index contributed by atoms with van der Waals surface area (Å²) < 4.78 is 0. The first-order chi connectivity index (χ1) is 3.83. The topological polar surface area (TPSA) is 56.0 Å². The second-order valence-corrected chi connectivity index (χ2v) is 2.04. The normalized spacial score (nSPS) is 9.00. The number of hydrogen-bond acceptors (Lipinski definition) is 4. The van der Waals surface area contributed by atoms with Crippen molar-refractivity contribution < 1.29 is 4.79 Å². The van der Waals surface area contributed by atoms with Crippen LogP contribution in [0.25, 0.3) is 0 Å². The Kier molecular flexibility index (Phi) is 1.26. The van der Waals surface area contributed by atoms with Crippen molar-refractivity contribution in [1.29, 1.82) is 0 Å². The van der Waals surface area contributed by atoms with Gasteiger partial charge < -0.3 is 5.73 Å². The van der Waals surface area contributed by atoms with Crippen molar-refractivity contribution in [3.05, 3.63) is 10.4 Å². The van der Waals surface area contributed by atoms with Crippen LogP contribution in [0.2, 0.25) is 0 Å². The number of aromatic nitrogens is 1. The van der Waals surface area contributed by atoms with Crippen LogP contribution in [0, 0.1) is 0 Å². The van der Waals surface area contributed by atoms with Gasteiger partial charge >= 0.3 is 0 Å². The van der Waals surface area contributed by atoms with E-state index in [9.17, 15) is 4.79 Å². The van der Waals surface area contributed by atoms with Gasteiger partial charge in [0.2, 0.25) is 0 Å². The van der Waals surface area contributed by atoms with E-state index >= 15 is 0 Å². The van der Waals surface area contributed by atoms with Gasteiger partial charge in [0.15, 0.2) is 5.01 Å². The van der Waals surface area contributed by atoms with Crippen LogP contribution in [0.4, 0.5) is 5.82 Å². The number of nitrogens with zero attached hydrogens (tertiary/aromatic N) is 1. The highest BCUT2D eigenvalue weighted by atomic mass is 32.1. The first kappa shape index (κ1) is 5.24. The summed E-state index contributed by atoms with van der Waals surface area (Å²) in [6.45, 7) is 0. The van der Waals surface area contributed by atoms with E-state index in [1.165, 1.54) is 11.3 Å². The Labute approximate surface area is 50.2 Å². The van der Waals surface area contributed by atoms with Gasteiger partial charge in [-0.15, -0.1) is 11.3 Å². The summed E-state index contributed by atoms with van der Waals surface area (Å²) in [6, 6.07) is 0. The van der Waals surface area contributed by atoms with E-state index in [4.69, 9.17) is 5.73 Å². The van der Waals surface area contributed by atoms with Crippen LogP contribution in [0.5, 0.6) is 0 Å². The summed E-state index contributed by atoms with van der Waals surface area (Å²) >= 11 is 1.19. The van der Waals surface area contributed by atoms with E-state index in [0.717, 1.165) is 0 Å². The van der Waals surface area contributed by atoms with Crippen molar-refractivity contribution >= 4 is 23.4 Å². The molecule has 3 nitrogen and oxygen atoms in total. The van der Waals surface area contributed by atoms with E-state index in [2.05, 4.69) is 4.98 Å².